The molecule has 0 amide bonds. The minimum absolute atomic E-state index is 0.235. The summed E-state index contributed by atoms with van der Waals surface area (Å²) in [6.45, 7) is 2.61. The summed E-state index contributed by atoms with van der Waals surface area (Å²) in [5.41, 5.74) is 0.235. The van der Waals surface area contributed by atoms with E-state index < -0.39 is 0 Å². The second-order valence-corrected chi connectivity index (χ2v) is 4.71. The van der Waals surface area contributed by atoms with Gasteiger partial charge in [-0.25, -0.2) is 0 Å². The van der Waals surface area contributed by atoms with Crippen molar-refractivity contribution in [2.75, 3.05) is 13.7 Å². The average molecular weight is 199 g/mol. The molecule has 1 rings (SSSR count). The third-order valence-electron chi connectivity index (χ3n) is 4.00. The molecular formula is C12H25NO. The summed E-state index contributed by atoms with van der Waals surface area (Å²) >= 11 is 0. The standard InChI is InChI=1S/C12H25NO/c1-3-11-5-4-7-12(13-2,8-6-11)9-10-14/h11,13-14H,3-10H2,1-2H3. The molecule has 14 heavy (non-hydrogen) atoms. The van der Waals surface area contributed by atoms with Gasteiger partial charge in [-0.15, -0.1) is 0 Å². The molecular weight excluding hydrogens is 174 g/mol. The van der Waals surface area contributed by atoms with Crippen molar-refractivity contribution < 1.29 is 5.11 Å². The number of hydrogen-bond acceptors (Lipinski definition) is 2. The molecule has 0 aliphatic heterocycles. The second-order valence-electron chi connectivity index (χ2n) is 4.71. The Labute approximate surface area is 88.1 Å². The van der Waals surface area contributed by atoms with E-state index in [-0.39, 0.29) is 5.54 Å². The fourth-order valence-corrected chi connectivity index (χ4v) is 2.73. The Balaban J connectivity index is 2.52. The maximum absolute atomic E-state index is 9.09. The van der Waals surface area contributed by atoms with E-state index in [0.717, 1.165) is 12.3 Å². The van der Waals surface area contributed by atoms with Crippen LogP contribution in [0.3, 0.4) is 0 Å². The third-order valence-corrected chi connectivity index (χ3v) is 4.00. The topological polar surface area (TPSA) is 32.3 Å². The number of aliphatic hydroxyl groups excluding tert-OH is 1. The van der Waals surface area contributed by atoms with Crippen LogP contribution in [0.5, 0.6) is 0 Å². The molecule has 2 atom stereocenters. The number of hydrogen-bond donors (Lipinski definition) is 2. The van der Waals surface area contributed by atoms with E-state index >= 15 is 0 Å². The first-order chi connectivity index (χ1) is 6.76. The van der Waals surface area contributed by atoms with Crippen molar-refractivity contribution in [3.8, 4) is 0 Å². The van der Waals surface area contributed by atoms with Crippen LogP contribution in [0.25, 0.3) is 0 Å². The SMILES string of the molecule is CCC1CCCC(CCO)(NC)CC1. The zero-order valence-electron chi connectivity index (χ0n) is 9.68. The van der Waals surface area contributed by atoms with Gasteiger partial charge in [0, 0.05) is 12.1 Å². The molecule has 2 nitrogen and oxygen atoms in total. The molecule has 0 aromatic heterocycles. The Morgan fingerprint density at radius 1 is 1.36 bits per heavy atom. The highest BCUT2D eigenvalue weighted by Crippen LogP contribution is 2.33. The van der Waals surface area contributed by atoms with E-state index in [4.69, 9.17) is 5.11 Å². The van der Waals surface area contributed by atoms with Crippen LogP contribution in [0.4, 0.5) is 0 Å². The highest BCUT2D eigenvalue weighted by atomic mass is 16.3. The molecule has 2 N–H and O–H groups in total. The summed E-state index contributed by atoms with van der Waals surface area (Å²) in [6, 6.07) is 0. The predicted octanol–water partition coefficient (Wildman–Crippen LogP) is 2.32. The molecule has 0 aromatic rings. The van der Waals surface area contributed by atoms with Crippen molar-refractivity contribution >= 4 is 0 Å². The highest BCUT2D eigenvalue weighted by Gasteiger charge is 2.30. The zero-order valence-corrected chi connectivity index (χ0v) is 9.68. The maximum atomic E-state index is 9.09. The Morgan fingerprint density at radius 3 is 2.71 bits per heavy atom. The molecule has 1 aliphatic rings. The van der Waals surface area contributed by atoms with Crippen LogP contribution in [0.2, 0.25) is 0 Å². The second kappa shape index (κ2) is 5.72. The Kier molecular flexibility index (Phi) is 4.90. The lowest BCUT2D eigenvalue weighted by molar-refractivity contribution is 0.198. The first-order valence-corrected chi connectivity index (χ1v) is 6.06. The van der Waals surface area contributed by atoms with E-state index in [1.165, 1.54) is 38.5 Å². The van der Waals surface area contributed by atoms with Gasteiger partial charge in [0.05, 0.1) is 0 Å². The van der Waals surface area contributed by atoms with Gasteiger partial charge < -0.3 is 10.4 Å². The first-order valence-electron chi connectivity index (χ1n) is 6.06. The summed E-state index contributed by atoms with van der Waals surface area (Å²) in [4.78, 5) is 0. The van der Waals surface area contributed by atoms with Crippen LogP contribution >= 0.6 is 0 Å². The van der Waals surface area contributed by atoms with Crippen LogP contribution in [-0.4, -0.2) is 24.3 Å². The van der Waals surface area contributed by atoms with Gasteiger partial charge in [0.25, 0.3) is 0 Å². The molecule has 0 aromatic carbocycles. The Hall–Kier alpha value is -0.0800. The molecule has 84 valence electrons. The number of aliphatic hydroxyl groups is 1. The summed E-state index contributed by atoms with van der Waals surface area (Å²) in [5.74, 6) is 0.920. The highest BCUT2D eigenvalue weighted by molar-refractivity contribution is 4.89. The van der Waals surface area contributed by atoms with Crippen molar-refractivity contribution in [3.63, 3.8) is 0 Å². The van der Waals surface area contributed by atoms with Gasteiger partial charge in [0.2, 0.25) is 0 Å². The Morgan fingerprint density at radius 2 is 2.14 bits per heavy atom. The lowest BCUT2D eigenvalue weighted by Gasteiger charge is -2.32. The third kappa shape index (κ3) is 2.96. The molecule has 0 heterocycles. The quantitative estimate of drug-likeness (QED) is 0.681. The largest absolute Gasteiger partial charge is 0.396 e. The first kappa shape index (κ1) is 12.0. The van der Waals surface area contributed by atoms with Crippen LogP contribution in [0.15, 0.2) is 0 Å². The van der Waals surface area contributed by atoms with E-state index in [1.807, 2.05) is 7.05 Å². The van der Waals surface area contributed by atoms with Crippen molar-refractivity contribution in [3.05, 3.63) is 0 Å². The van der Waals surface area contributed by atoms with Crippen LogP contribution in [0, 0.1) is 5.92 Å². The van der Waals surface area contributed by atoms with Gasteiger partial charge in [0.15, 0.2) is 0 Å². The van der Waals surface area contributed by atoms with Crippen LogP contribution in [0.1, 0.15) is 51.9 Å². The van der Waals surface area contributed by atoms with E-state index in [9.17, 15) is 0 Å². The van der Waals surface area contributed by atoms with E-state index in [0.29, 0.717) is 6.61 Å². The van der Waals surface area contributed by atoms with Crippen LogP contribution < -0.4 is 5.32 Å². The Bertz CT molecular complexity index is 160. The van der Waals surface area contributed by atoms with Gasteiger partial charge in [0.1, 0.15) is 0 Å². The molecule has 1 fully saturated rings. The lowest BCUT2D eigenvalue weighted by Crippen LogP contribution is -2.43. The monoisotopic (exact) mass is 199 g/mol. The summed E-state index contributed by atoms with van der Waals surface area (Å²) in [6.07, 6.45) is 8.74. The van der Waals surface area contributed by atoms with Gasteiger partial charge in [-0.05, 0) is 38.6 Å². The smallest absolute Gasteiger partial charge is 0.0448 e. The molecule has 0 saturated heterocycles. The van der Waals surface area contributed by atoms with Crippen molar-refractivity contribution in [1.29, 1.82) is 0 Å². The molecule has 1 saturated carbocycles. The average Bonchev–Trinajstić information content (AvgIpc) is 2.42. The van der Waals surface area contributed by atoms with Crippen molar-refractivity contribution in [1.82, 2.24) is 5.32 Å². The predicted molar refractivity (Wildman–Crippen MR) is 60.4 cm³/mol. The molecule has 2 unspecified atom stereocenters. The number of nitrogens with one attached hydrogen (secondary N) is 1. The van der Waals surface area contributed by atoms with Crippen molar-refractivity contribution in [2.45, 2.75) is 57.4 Å². The van der Waals surface area contributed by atoms with Gasteiger partial charge in [-0.2, -0.15) is 0 Å². The summed E-state index contributed by atoms with van der Waals surface area (Å²) < 4.78 is 0. The molecule has 1 aliphatic carbocycles. The molecule has 0 spiro atoms. The number of rotatable bonds is 4. The normalized spacial score (nSPS) is 34.1. The summed E-state index contributed by atoms with van der Waals surface area (Å²) in [7, 11) is 2.04. The van der Waals surface area contributed by atoms with Crippen LogP contribution in [-0.2, 0) is 0 Å². The molecule has 2 heteroatoms. The van der Waals surface area contributed by atoms with E-state index in [2.05, 4.69) is 12.2 Å². The fraction of sp³-hybridized carbons (Fsp3) is 1.00. The minimum Gasteiger partial charge on any atom is -0.396 e. The summed E-state index contributed by atoms with van der Waals surface area (Å²) in [5, 5.41) is 12.5. The van der Waals surface area contributed by atoms with Crippen molar-refractivity contribution in [2.24, 2.45) is 5.92 Å². The molecule has 0 bridgehead atoms. The molecule has 0 radical (unpaired) electrons. The fourth-order valence-electron chi connectivity index (χ4n) is 2.73. The van der Waals surface area contributed by atoms with Gasteiger partial charge in [-0.3, -0.25) is 0 Å². The maximum Gasteiger partial charge on any atom is 0.0448 e. The minimum atomic E-state index is 0.235. The zero-order chi connectivity index (χ0) is 10.4. The van der Waals surface area contributed by atoms with Gasteiger partial charge in [-0.1, -0.05) is 26.2 Å². The lowest BCUT2D eigenvalue weighted by atomic mass is 9.86. The van der Waals surface area contributed by atoms with Gasteiger partial charge >= 0.3 is 0 Å². The van der Waals surface area contributed by atoms with E-state index in [1.54, 1.807) is 0 Å².